The molecule has 90 valence electrons. The molecule has 0 aliphatic carbocycles. The van der Waals surface area contributed by atoms with Crippen molar-refractivity contribution in [2.75, 3.05) is 12.5 Å². The van der Waals surface area contributed by atoms with Gasteiger partial charge in [0.1, 0.15) is 0 Å². The molecule has 1 N–H and O–H groups in total. The Bertz CT molecular complexity index is 573. The van der Waals surface area contributed by atoms with Gasteiger partial charge < -0.3 is 0 Å². The first kappa shape index (κ1) is 13.5. The minimum absolute atomic E-state index is 0.205. The summed E-state index contributed by atoms with van der Waals surface area (Å²) in [5.74, 6) is 0. The number of nitriles is 1. The SMILES string of the molecule is CSC(=Nc1cccc(S(C)(=O)=O)c1)NC#N. The molecule has 0 aliphatic heterocycles. The van der Waals surface area contributed by atoms with Gasteiger partial charge in [-0.2, -0.15) is 5.26 Å². The third-order valence-electron chi connectivity index (χ3n) is 1.83. The molecule has 0 spiro atoms. The van der Waals surface area contributed by atoms with E-state index in [0.717, 1.165) is 6.26 Å². The molecule has 5 nitrogen and oxygen atoms in total. The van der Waals surface area contributed by atoms with Crippen molar-refractivity contribution in [2.45, 2.75) is 4.90 Å². The number of nitrogens with one attached hydrogen (secondary N) is 1. The van der Waals surface area contributed by atoms with Gasteiger partial charge >= 0.3 is 0 Å². The lowest BCUT2D eigenvalue weighted by molar-refractivity contribution is 0.602. The zero-order valence-electron chi connectivity index (χ0n) is 9.34. The lowest BCUT2D eigenvalue weighted by atomic mass is 10.3. The minimum atomic E-state index is -3.24. The van der Waals surface area contributed by atoms with Crippen molar-refractivity contribution in [1.82, 2.24) is 5.32 Å². The van der Waals surface area contributed by atoms with Crippen LogP contribution in [0.1, 0.15) is 0 Å². The molecule has 0 amide bonds. The second-order valence-electron chi connectivity index (χ2n) is 3.13. The van der Waals surface area contributed by atoms with Crippen LogP contribution >= 0.6 is 11.8 Å². The molecule has 7 heteroatoms. The highest BCUT2D eigenvalue weighted by atomic mass is 32.2. The van der Waals surface area contributed by atoms with Crippen LogP contribution in [0.15, 0.2) is 34.2 Å². The predicted molar refractivity (Wildman–Crippen MR) is 68.9 cm³/mol. The summed E-state index contributed by atoms with van der Waals surface area (Å²) in [5, 5.41) is 11.3. The first-order chi connectivity index (χ1) is 7.97. The van der Waals surface area contributed by atoms with Gasteiger partial charge in [0.2, 0.25) is 0 Å². The molecule has 0 heterocycles. The van der Waals surface area contributed by atoms with Gasteiger partial charge in [0, 0.05) is 6.26 Å². The van der Waals surface area contributed by atoms with Crippen molar-refractivity contribution in [3.8, 4) is 6.19 Å². The summed E-state index contributed by atoms with van der Waals surface area (Å²) < 4.78 is 22.7. The Balaban J connectivity index is 3.13. The van der Waals surface area contributed by atoms with E-state index in [1.54, 1.807) is 24.6 Å². The number of aliphatic imine (C=N–C) groups is 1. The van der Waals surface area contributed by atoms with E-state index in [1.807, 2.05) is 0 Å². The Morgan fingerprint density at radius 2 is 2.24 bits per heavy atom. The fourth-order valence-corrected chi connectivity index (χ4v) is 2.08. The lowest BCUT2D eigenvalue weighted by Gasteiger charge is -2.02. The van der Waals surface area contributed by atoms with Crippen LogP contribution in [-0.2, 0) is 9.84 Å². The molecule has 0 fully saturated rings. The number of thioether (sulfide) groups is 1. The van der Waals surface area contributed by atoms with Crippen LogP contribution in [0.3, 0.4) is 0 Å². The molecule has 0 bridgehead atoms. The molecule has 0 aromatic heterocycles. The van der Waals surface area contributed by atoms with Crippen LogP contribution in [0.2, 0.25) is 0 Å². The van der Waals surface area contributed by atoms with Crippen molar-refractivity contribution in [1.29, 1.82) is 5.26 Å². The number of sulfone groups is 1. The quantitative estimate of drug-likeness (QED) is 0.381. The van der Waals surface area contributed by atoms with E-state index < -0.39 is 9.84 Å². The van der Waals surface area contributed by atoms with E-state index in [1.165, 1.54) is 23.9 Å². The summed E-state index contributed by atoms with van der Waals surface area (Å²) in [7, 11) is -3.24. The third-order valence-corrected chi connectivity index (χ3v) is 3.52. The van der Waals surface area contributed by atoms with Crippen LogP contribution in [0.5, 0.6) is 0 Å². The number of hydrogen-bond donors (Lipinski definition) is 1. The summed E-state index contributed by atoms with van der Waals surface area (Å²) in [6.07, 6.45) is 4.67. The normalized spacial score (nSPS) is 11.9. The maximum Gasteiger partial charge on any atom is 0.183 e. The lowest BCUT2D eigenvalue weighted by Crippen LogP contribution is -2.12. The fourth-order valence-electron chi connectivity index (χ4n) is 1.07. The molecule has 0 unspecified atom stereocenters. The first-order valence-corrected chi connectivity index (χ1v) is 7.67. The highest BCUT2D eigenvalue weighted by Gasteiger charge is 2.07. The molecule has 0 radical (unpaired) electrons. The molecular formula is C10H11N3O2S2. The Hall–Kier alpha value is -1.52. The van der Waals surface area contributed by atoms with E-state index in [0.29, 0.717) is 10.9 Å². The van der Waals surface area contributed by atoms with Gasteiger partial charge in [-0.3, -0.25) is 5.32 Å². The van der Waals surface area contributed by atoms with Crippen LogP contribution in [0.4, 0.5) is 5.69 Å². The average molecular weight is 269 g/mol. The summed E-state index contributed by atoms with van der Waals surface area (Å²) in [6.45, 7) is 0. The van der Waals surface area contributed by atoms with Crippen LogP contribution < -0.4 is 5.32 Å². The van der Waals surface area contributed by atoms with E-state index in [2.05, 4.69) is 10.3 Å². The van der Waals surface area contributed by atoms with Crippen molar-refractivity contribution in [3.05, 3.63) is 24.3 Å². The van der Waals surface area contributed by atoms with Crippen molar-refractivity contribution in [2.24, 2.45) is 4.99 Å². The number of rotatable bonds is 2. The van der Waals surface area contributed by atoms with E-state index >= 15 is 0 Å². The van der Waals surface area contributed by atoms with Crippen molar-refractivity contribution < 1.29 is 8.42 Å². The summed E-state index contributed by atoms with van der Waals surface area (Å²) in [6, 6.07) is 6.25. The molecule has 0 saturated heterocycles. The summed E-state index contributed by atoms with van der Waals surface area (Å²) in [4.78, 5) is 4.33. The smallest absolute Gasteiger partial charge is 0.183 e. The monoisotopic (exact) mass is 269 g/mol. The summed E-state index contributed by atoms with van der Waals surface area (Å²) >= 11 is 1.27. The van der Waals surface area contributed by atoms with E-state index in [-0.39, 0.29) is 4.90 Å². The molecule has 17 heavy (non-hydrogen) atoms. The molecule has 1 aromatic carbocycles. The molecule has 0 atom stereocenters. The maximum absolute atomic E-state index is 11.3. The Labute approximate surface area is 104 Å². The number of nitrogens with zero attached hydrogens (tertiary/aromatic N) is 2. The molecule has 1 aromatic rings. The minimum Gasteiger partial charge on any atom is -0.271 e. The highest BCUT2D eigenvalue weighted by molar-refractivity contribution is 8.13. The van der Waals surface area contributed by atoms with Gasteiger partial charge in [-0.1, -0.05) is 17.8 Å². The van der Waals surface area contributed by atoms with Gasteiger partial charge in [-0.15, -0.1) is 0 Å². The second kappa shape index (κ2) is 5.70. The Morgan fingerprint density at radius 3 is 2.76 bits per heavy atom. The van der Waals surface area contributed by atoms with Gasteiger partial charge in [0.25, 0.3) is 0 Å². The van der Waals surface area contributed by atoms with Crippen molar-refractivity contribution >= 4 is 32.5 Å². The topological polar surface area (TPSA) is 82.3 Å². The number of hydrogen-bond acceptors (Lipinski definition) is 5. The maximum atomic E-state index is 11.3. The average Bonchev–Trinajstić information content (AvgIpc) is 2.28. The van der Waals surface area contributed by atoms with Crippen LogP contribution in [0, 0.1) is 11.5 Å². The number of amidine groups is 1. The molecule has 1 rings (SSSR count). The zero-order chi connectivity index (χ0) is 12.9. The first-order valence-electron chi connectivity index (χ1n) is 4.55. The van der Waals surface area contributed by atoms with Gasteiger partial charge in [-0.25, -0.2) is 13.4 Å². The van der Waals surface area contributed by atoms with E-state index in [9.17, 15) is 8.42 Å². The van der Waals surface area contributed by atoms with E-state index in [4.69, 9.17) is 5.26 Å². The fraction of sp³-hybridized carbons (Fsp3) is 0.200. The predicted octanol–water partition coefficient (Wildman–Crippen LogP) is 1.51. The Kier molecular flexibility index (Phi) is 4.54. The van der Waals surface area contributed by atoms with Gasteiger partial charge in [0.05, 0.1) is 10.6 Å². The standard InChI is InChI=1S/C10H11N3O2S2/c1-16-10(12-7-11)13-8-4-3-5-9(6-8)17(2,14)15/h3-6H,1-2H3,(H,12,13). The summed E-state index contributed by atoms with van der Waals surface area (Å²) in [5.41, 5.74) is 0.486. The third kappa shape index (κ3) is 4.09. The Morgan fingerprint density at radius 1 is 1.53 bits per heavy atom. The highest BCUT2D eigenvalue weighted by Crippen LogP contribution is 2.19. The van der Waals surface area contributed by atoms with Crippen molar-refractivity contribution in [3.63, 3.8) is 0 Å². The van der Waals surface area contributed by atoms with Gasteiger partial charge in [0.15, 0.2) is 21.2 Å². The van der Waals surface area contributed by atoms with Crippen LogP contribution in [-0.4, -0.2) is 26.1 Å². The molecule has 0 saturated carbocycles. The largest absolute Gasteiger partial charge is 0.271 e. The second-order valence-corrected chi connectivity index (χ2v) is 5.94. The molecule has 0 aliphatic rings. The van der Waals surface area contributed by atoms with Gasteiger partial charge in [-0.05, 0) is 24.5 Å². The number of benzene rings is 1. The van der Waals surface area contributed by atoms with Crippen LogP contribution in [0.25, 0.3) is 0 Å². The molecular weight excluding hydrogens is 258 g/mol. The zero-order valence-corrected chi connectivity index (χ0v) is 11.0.